The predicted molar refractivity (Wildman–Crippen MR) is 64.7 cm³/mol. The molecular formula is C11H9N3O2S. The Bertz CT molecular complexity index is 519. The van der Waals surface area contributed by atoms with Crippen LogP contribution in [0.2, 0.25) is 0 Å². The maximum Gasteiger partial charge on any atom is 0.269 e. The van der Waals surface area contributed by atoms with Crippen molar-refractivity contribution in [2.75, 3.05) is 0 Å². The summed E-state index contributed by atoms with van der Waals surface area (Å²) in [5.41, 5.74) is 0.994. The highest BCUT2D eigenvalue weighted by molar-refractivity contribution is 7.98. The van der Waals surface area contributed by atoms with Crippen LogP contribution in [0, 0.1) is 10.1 Å². The van der Waals surface area contributed by atoms with Crippen molar-refractivity contribution in [3.63, 3.8) is 0 Å². The number of non-ortho nitro benzene ring substituents is 1. The average molecular weight is 247 g/mol. The molecule has 0 saturated carbocycles. The molecule has 0 amide bonds. The van der Waals surface area contributed by atoms with Crippen molar-refractivity contribution in [1.29, 1.82) is 0 Å². The van der Waals surface area contributed by atoms with Gasteiger partial charge in [-0.05, 0) is 11.6 Å². The zero-order chi connectivity index (χ0) is 12.1. The molecule has 0 bridgehead atoms. The van der Waals surface area contributed by atoms with Crippen molar-refractivity contribution in [3.8, 4) is 0 Å². The van der Waals surface area contributed by atoms with Crippen LogP contribution in [0.15, 0.2) is 47.9 Å². The molecule has 1 aromatic heterocycles. The van der Waals surface area contributed by atoms with Gasteiger partial charge >= 0.3 is 0 Å². The van der Waals surface area contributed by atoms with Gasteiger partial charge in [0.15, 0.2) is 5.16 Å². The summed E-state index contributed by atoms with van der Waals surface area (Å²) in [7, 11) is 0. The zero-order valence-electron chi connectivity index (χ0n) is 8.81. The summed E-state index contributed by atoms with van der Waals surface area (Å²) in [6.07, 6.45) is 3.34. The molecule has 0 aliphatic rings. The molecule has 6 heteroatoms. The number of rotatable bonds is 4. The first-order valence-corrected chi connectivity index (χ1v) is 5.87. The monoisotopic (exact) mass is 247 g/mol. The molecule has 2 rings (SSSR count). The minimum absolute atomic E-state index is 0.108. The first-order valence-electron chi connectivity index (χ1n) is 4.89. The normalized spacial score (nSPS) is 10.1. The van der Waals surface area contributed by atoms with Crippen molar-refractivity contribution in [3.05, 3.63) is 58.4 Å². The Morgan fingerprint density at radius 2 is 2.00 bits per heavy atom. The topological polar surface area (TPSA) is 68.9 Å². The summed E-state index contributed by atoms with van der Waals surface area (Å²) in [4.78, 5) is 18.3. The van der Waals surface area contributed by atoms with E-state index in [1.165, 1.54) is 17.8 Å². The van der Waals surface area contributed by atoms with Crippen LogP contribution in [-0.4, -0.2) is 14.9 Å². The molecule has 0 spiro atoms. The number of nitro benzene ring substituents is 1. The zero-order valence-corrected chi connectivity index (χ0v) is 9.63. The molecule has 0 saturated heterocycles. The summed E-state index contributed by atoms with van der Waals surface area (Å²) >= 11 is 1.45. The second-order valence-corrected chi connectivity index (χ2v) is 4.19. The predicted octanol–water partition coefficient (Wildman–Crippen LogP) is 2.68. The molecule has 0 radical (unpaired) electrons. The molecule has 1 heterocycles. The van der Waals surface area contributed by atoms with Gasteiger partial charge in [0.25, 0.3) is 5.69 Å². The number of aromatic nitrogens is 2. The number of hydrogen-bond donors (Lipinski definition) is 0. The lowest BCUT2D eigenvalue weighted by Gasteiger charge is -2.00. The van der Waals surface area contributed by atoms with Crippen LogP contribution in [0.1, 0.15) is 5.56 Å². The number of benzene rings is 1. The summed E-state index contributed by atoms with van der Waals surface area (Å²) in [5.74, 6) is 0.617. The molecule has 1 aromatic carbocycles. The first-order chi connectivity index (χ1) is 8.25. The Labute approximate surface area is 102 Å². The van der Waals surface area contributed by atoms with Gasteiger partial charge in [-0.25, -0.2) is 9.97 Å². The molecule has 0 fully saturated rings. The van der Waals surface area contributed by atoms with E-state index in [0.717, 1.165) is 5.56 Å². The van der Waals surface area contributed by atoms with E-state index in [2.05, 4.69) is 9.97 Å². The van der Waals surface area contributed by atoms with Crippen molar-refractivity contribution in [1.82, 2.24) is 9.97 Å². The molecule has 5 nitrogen and oxygen atoms in total. The lowest BCUT2D eigenvalue weighted by atomic mass is 10.2. The average Bonchev–Trinajstić information content (AvgIpc) is 2.38. The van der Waals surface area contributed by atoms with Crippen LogP contribution in [0.3, 0.4) is 0 Å². The Morgan fingerprint density at radius 3 is 2.71 bits per heavy atom. The Kier molecular flexibility index (Phi) is 3.66. The van der Waals surface area contributed by atoms with Crippen LogP contribution in [-0.2, 0) is 5.75 Å². The van der Waals surface area contributed by atoms with E-state index in [9.17, 15) is 10.1 Å². The maximum atomic E-state index is 10.6. The summed E-state index contributed by atoms with van der Waals surface area (Å²) in [6, 6.07) is 8.32. The van der Waals surface area contributed by atoms with Crippen molar-refractivity contribution < 1.29 is 4.92 Å². The van der Waals surface area contributed by atoms with Crippen molar-refractivity contribution >= 4 is 17.4 Å². The van der Waals surface area contributed by atoms with E-state index in [4.69, 9.17) is 0 Å². The molecule has 0 aliphatic carbocycles. The SMILES string of the molecule is O=[N+]([O-])c1cccc(CSc2ncccn2)c1. The number of hydrogen-bond acceptors (Lipinski definition) is 5. The first kappa shape index (κ1) is 11.5. The highest BCUT2D eigenvalue weighted by Gasteiger charge is 2.06. The van der Waals surface area contributed by atoms with Crippen LogP contribution in [0.5, 0.6) is 0 Å². The van der Waals surface area contributed by atoms with E-state index in [1.807, 2.05) is 6.07 Å². The van der Waals surface area contributed by atoms with Crippen LogP contribution >= 0.6 is 11.8 Å². The summed E-state index contributed by atoms with van der Waals surface area (Å²) < 4.78 is 0. The van der Waals surface area contributed by atoms with E-state index in [0.29, 0.717) is 10.9 Å². The maximum absolute atomic E-state index is 10.6. The van der Waals surface area contributed by atoms with E-state index >= 15 is 0 Å². The van der Waals surface area contributed by atoms with Crippen molar-refractivity contribution in [2.24, 2.45) is 0 Å². The molecule has 86 valence electrons. The van der Waals surface area contributed by atoms with Gasteiger partial charge in [0.2, 0.25) is 0 Å². The summed E-state index contributed by atoms with van der Waals surface area (Å²) in [6.45, 7) is 0. The fourth-order valence-electron chi connectivity index (χ4n) is 1.27. The van der Waals surface area contributed by atoms with Gasteiger partial charge in [-0.15, -0.1) is 0 Å². The lowest BCUT2D eigenvalue weighted by molar-refractivity contribution is -0.384. The highest BCUT2D eigenvalue weighted by atomic mass is 32.2. The Morgan fingerprint density at radius 1 is 1.24 bits per heavy atom. The van der Waals surface area contributed by atoms with Gasteiger partial charge in [-0.1, -0.05) is 23.9 Å². The quantitative estimate of drug-likeness (QED) is 0.359. The third-order valence-corrected chi connectivity index (χ3v) is 2.98. The van der Waals surface area contributed by atoms with Gasteiger partial charge in [-0.3, -0.25) is 10.1 Å². The van der Waals surface area contributed by atoms with Gasteiger partial charge in [0.05, 0.1) is 4.92 Å². The second-order valence-electron chi connectivity index (χ2n) is 3.25. The Balaban J connectivity index is 2.04. The van der Waals surface area contributed by atoms with Crippen LogP contribution in [0.25, 0.3) is 0 Å². The molecule has 2 aromatic rings. The van der Waals surface area contributed by atoms with Gasteiger partial charge in [0, 0.05) is 30.3 Å². The number of nitro groups is 1. The fourth-order valence-corrected chi connectivity index (χ4v) is 2.01. The largest absolute Gasteiger partial charge is 0.269 e. The smallest absolute Gasteiger partial charge is 0.258 e. The van der Waals surface area contributed by atoms with E-state index in [1.54, 1.807) is 30.6 Å². The van der Waals surface area contributed by atoms with Crippen molar-refractivity contribution in [2.45, 2.75) is 10.9 Å². The van der Waals surface area contributed by atoms with Gasteiger partial charge in [0.1, 0.15) is 0 Å². The third kappa shape index (κ3) is 3.25. The van der Waals surface area contributed by atoms with Crippen LogP contribution < -0.4 is 0 Å². The standard InChI is InChI=1S/C11H9N3O2S/c15-14(16)10-4-1-3-9(7-10)8-17-11-12-5-2-6-13-11/h1-7H,8H2. The lowest BCUT2D eigenvalue weighted by Crippen LogP contribution is -1.90. The van der Waals surface area contributed by atoms with E-state index in [-0.39, 0.29) is 5.69 Å². The van der Waals surface area contributed by atoms with Gasteiger partial charge in [-0.2, -0.15) is 0 Å². The molecule has 0 unspecified atom stereocenters. The molecule has 0 aliphatic heterocycles. The molecule has 0 atom stereocenters. The summed E-state index contributed by atoms with van der Waals surface area (Å²) in [5, 5.41) is 11.3. The van der Waals surface area contributed by atoms with E-state index < -0.39 is 4.92 Å². The molecular weight excluding hydrogens is 238 g/mol. The highest BCUT2D eigenvalue weighted by Crippen LogP contribution is 2.21. The third-order valence-electron chi connectivity index (χ3n) is 2.03. The minimum atomic E-state index is -0.396. The van der Waals surface area contributed by atoms with Crippen LogP contribution in [0.4, 0.5) is 5.69 Å². The minimum Gasteiger partial charge on any atom is -0.258 e. The number of nitrogens with zero attached hydrogens (tertiary/aromatic N) is 3. The number of thioether (sulfide) groups is 1. The molecule has 0 N–H and O–H groups in total. The van der Waals surface area contributed by atoms with Gasteiger partial charge < -0.3 is 0 Å². The second kappa shape index (κ2) is 5.40. The molecule has 17 heavy (non-hydrogen) atoms. The Hall–Kier alpha value is -1.95. The fraction of sp³-hybridized carbons (Fsp3) is 0.0909.